The Morgan fingerprint density at radius 3 is 2.76 bits per heavy atom. The highest BCUT2D eigenvalue weighted by Gasteiger charge is 2.32. The Kier molecular flexibility index (Phi) is 4.27. The van der Waals surface area contributed by atoms with Crippen LogP contribution in [-0.2, 0) is 6.42 Å². The van der Waals surface area contributed by atoms with Crippen LogP contribution in [0.2, 0.25) is 0 Å². The fraction of sp³-hybridized carbons (Fsp3) is 0.733. The first kappa shape index (κ1) is 12.7. The molecule has 2 N–H and O–H groups in total. The first-order valence-corrected chi connectivity index (χ1v) is 7.03. The van der Waals surface area contributed by atoms with E-state index in [0.29, 0.717) is 0 Å². The van der Waals surface area contributed by atoms with Crippen LogP contribution in [0.25, 0.3) is 0 Å². The highest BCUT2D eigenvalue weighted by Crippen LogP contribution is 2.35. The van der Waals surface area contributed by atoms with E-state index in [2.05, 4.69) is 6.92 Å². The van der Waals surface area contributed by atoms with Crippen molar-refractivity contribution >= 4 is 0 Å². The number of nitrogens with two attached hydrogens (primary N) is 1. The van der Waals surface area contributed by atoms with E-state index in [4.69, 9.17) is 10.2 Å². The fourth-order valence-electron chi connectivity index (χ4n) is 2.97. The van der Waals surface area contributed by atoms with Gasteiger partial charge in [-0.25, -0.2) is 0 Å². The van der Waals surface area contributed by atoms with E-state index in [1.807, 2.05) is 12.1 Å². The lowest BCUT2D eigenvalue weighted by molar-refractivity contribution is 0.213. The van der Waals surface area contributed by atoms with Gasteiger partial charge in [0.25, 0.3) is 0 Å². The third kappa shape index (κ3) is 3.60. The second-order valence-corrected chi connectivity index (χ2v) is 5.70. The van der Waals surface area contributed by atoms with Gasteiger partial charge in [-0.1, -0.05) is 26.2 Å². The molecule has 1 aliphatic carbocycles. The lowest BCUT2D eigenvalue weighted by atomic mass is 9.73. The minimum absolute atomic E-state index is 0.0133. The summed E-state index contributed by atoms with van der Waals surface area (Å²) >= 11 is 0. The van der Waals surface area contributed by atoms with Gasteiger partial charge in [-0.15, -0.1) is 0 Å². The maximum Gasteiger partial charge on any atom is 0.105 e. The van der Waals surface area contributed by atoms with Gasteiger partial charge in [0.15, 0.2) is 0 Å². The predicted octanol–water partition coefficient (Wildman–Crippen LogP) is 3.90. The lowest BCUT2D eigenvalue weighted by Crippen LogP contribution is -2.45. The van der Waals surface area contributed by atoms with Gasteiger partial charge in [0.2, 0.25) is 0 Å². The molecular weight excluding hydrogens is 210 g/mol. The van der Waals surface area contributed by atoms with Gasteiger partial charge >= 0.3 is 0 Å². The number of unbranched alkanes of at least 4 members (excludes halogenated alkanes) is 1. The van der Waals surface area contributed by atoms with E-state index in [1.165, 1.54) is 32.1 Å². The van der Waals surface area contributed by atoms with Gasteiger partial charge in [-0.2, -0.15) is 0 Å². The van der Waals surface area contributed by atoms with Gasteiger partial charge in [-0.3, -0.25) is 0 Å². The molecule has 0 aliphatic heterocycles. The Morgan fingerprint density at radius 1 is 1.41 bits per heavy atom. The van der Waals surface area contributed by atoms with Crippen LogP contribution in [0.3, 0.4) is 0 Å². The van der Waals surface area contributed by atoms with Crippen molar-refractivity contribution in [3.63, 3.8) is 0 Å². The summed E-state index contributed by atoms with van der Waals surface area (Å²) < 4.78 is 5.41. The fourth-order valence-corrected chi connectivity index (χ4v) is 2.97. The molecule has 1 heterocycles. The first-order chi connectivity index (χ1) is 8.22. The Bertz CT molecular complexity index is 310. The molecular formula is C15H25NO. The van der Waals surface area contributed by atoms with Gasteiger partial charge in [-0.05, 0) is 43.7 Å². The molecule has 1 fully saturated rings. The molecule has 0 saturated heterocycles. The zero-order chi connectivity index (χ0) is 12.1. The van der Waals surface area contributed by atoms with Crippen molar-refractivity contribution in [1.29, 1.82) is 0 Å². The molecule has 0 atom stereocenters. The SMILES string of the molecule is CCCCC1CCC(N)(Cc2ccco2)CC1. The summed E-state index contributed by atoms with van der Waals surface area (Å²) in [6.07, 6.45) is 11.6. The van der Waals surface area contributed by atoms with Crippen molar-refractivity contribution in [1.82, 2.24) is 0 Å². The van der Waals surface area contributed by atoms with Crippen LogP contribution in [0.15, 0.2) is 22.8 Å². The molecule has 2 rings (SSSR count). The van der Waals surface area contributed by atoms with Crippen molar-refractivity contribution in [3.05, 3.63) is 24.2 Å². The Labute approximate surface area is 105 Å². The monoisotopic (exact) mass is 235 g/mol. The van der Waals surface area contributed by atoms with E-state index in [-0.39, 0.29) is 5.54 Å². The standard InChI is InChI=1S/C15H25NO/c1-2-3-5-13-7-9-15(16,10-8-13)12-14-6-4-11-17-14/h4,6,11,13H,2-3,5,7-10,12,16H2,1H3. The normalized spacial score (nSPS) is 29.4. The average molecular weight is 235 g/mol. The van der Waals surface area contributed by atoms with Crippen LogP contribution in [0, 0.1) is 5.92 Å². The molecule has 0 radical (unpaired) electrons. The molecule has 0 amide bonds. The number of rotatable bonds is 5. The summed E-state index contributed by atoms with van der Waals surface area (Å²) in [6.45, 7) is 2.27. The summed E-state index contributed by atoms with van der Waals surface area (Å²) in [6, 6.07) is 3.99. The third-order valence-electron chi connectivity index (χ3n) is 4.17. The maximum atomic E-state index is 6.48. The molecule has 1 saturated carbocycles. The van der Waals surface area contributed by atoms with Crippen molar-refractivity contribution < 1.29 is 4.42 Å². The van der Waals surface area contributed by atoms with Crippen LogP contribution in [0.5, 0.6) is 0 Å². The first-order valence-electron chi connectivity index (χ1n) is 7.03. The summed E-state index contributed by atoms with van der Waals surface area (Å²) in [5, 5.41) is 0. The molecule has 1 aromatic heterocycles. The molecule has 1 aromatic rings. The highest BCUT2D eigenvalue weighted by atomic mass is 16.3. The second-order valence-electron chi connectivity index (χ2n) is 5.70. The maximum absolute atomic E-state index is 6.48. The van der Waals surface area contributed by atoms with Crippen LogP contribution >= 0.6 is 0 Å². The second kappa shape index (κ2) is 5.72. The largest absolute Gasteiger partial charge is 0.469 e. The van der Waals surface area contributed by atoms with Crippen LogP contribution in [-0.4, -0.2) is 5.54 Å². The van der Waals surface area contributed by atoms with E-state index < -0.39 is 0 Å². The van der Waals surface area contributed by atoms with E-state index in [0.717, 1.165) is 30.9 Å². The summed E-state index contributed by atoms with van der Waals surface area (Å²) in [7, 11) is 0. The van der Waals surface area contributed by atoms with Crippen molar-refractivity contribution in [2.75, 3.05) is 0 Å². The summed E-state index contributed by atoms with van der Waals surface area (Å²) in [5.74, 6) is 1.96. The molecule has 2 heteroatoms. The molecule has 0 unspecified atom stereocenters. The minimum Gasteiger partial charge on any atom is -0.469 e. The number of furan rings is 1. The average Bonchev–Trinajstić information content (AvgIpc) is 2.81. The van der Waals surface area contributed by atoms with Crippen molar-refractivity contribution in [2.45, 2.75) is 63.8 Å². The van der Waals surface area contributed by atoms with E-state index >= 15 is 0 Å². The summed E-state index contributed by atoms with van der Waals surface area (Å²) in [4.78, 5) is 0. The molecule has 0 aromatic carbocycles. The smallest absolute Gasteiger partial charge is 0.105 e. The summed E-state index contributed by atoms with van der Waals surface area (Å²) in [5.41, 5.74) is 6.47. The van der Waals surface area contributed by atoms with Gasteiger partial charge in [0, 0.05) is 12.0 Å². The number of hydrogen-bond donors (Lipinski definition) is 1. The molecule has 1 aliphatic rings. The van der Waals surface area contributed by atoms with E-state index in [1.54, 1.807) is 6.26 Å². The Balaban J connectivity index is 1.80. The highest BCUT2D eigenvalue weighted by molar-refractivity contribution is 5.05. The van der Waals surface area contributed by atoms with Gasteiger partial charge in [0.1, 0.15) is 5.76 Å². The quantitative estimate of drug-likeness (QED) is 0.840. The van der Waals surface area contributed by atoms with Crippen LogP contribution < -0.4 is 5.73 Å². The molecule has 0 bridgehead atoms. The van der Waals surface area contributed by atoms with Crippen molar-refractivity contribution in [2.24, 2.45) is 11.7 Å². The Morgan fingerprint density at radius 2 is 2.18 bits per heavy atom. The zero-order valence-corrected chi connectivity index (χ0v) is 11.0. The lowest BCUT2D eigenvalue weighted by Gasteiger charge is -2.36. The van der Waals surface area contributed by atoms with E-state index in [9.17, 15) is 0 Å². The number of hydrogen-bond acceptors (Lipinski definition) is 2. The molecule has 17 heavy (non-hydrogen) atoms. The van der Waals surface area contributed by atoms with Crippen molar-refractivity contribution in [3.8, 4) is 0 Å². The van der Waals surface area contributed by atoms with Gasteiger partial charge in [0.05, 0.1) is 6.26 Å². The predicted molar refractivity (Wildman–Crippen MR) is 70.8 cm³/mol. The zero-order valence-electron chi connectivity index (χ0n) is 11.0. The third-order valence-corrected chi connectivity index (χ3v) is 4.17. The Hall–Kier alpha value is -0.760. The van der Waals surface area contributed by atoms with Crippen LogP contribution in [0.4, 0.5) is 0 Å². The molecule has 2 nitrogen and oxygen atoms in total. The van der Waals surface area contributed by atoms with Crippen LogP contribution in [0.1, 0.15) is 57.6 Å². The molecule has 96 valence electrons. The minimum atomic E-state index is -0.0133. The molecule has 0 spiro atoms. The topological polar surface area (TPSA) is 39.2 Å². The van der Waals surface area contributed by atoms with Gasteiger partial charge < -0.3 is 10.2 Å².